The maximum Gasteiger partial charge on any atom is 0.0552 e. The van der Waals surface area contributed by atoms with Crippen molar-refractivity contribution in [1.29, 1.82) is 0 Å². The number of aromatic nitrogens is 1. The first-order chi connectivity index (χ1) is 6.11. The fourth-order valence-corrected chi connectivity index (χ4v) is 1.46. The third-order valence-corrected chi connectivity index (χ3v) is 2.08. The molecule has 0 saturated heterocycles. The maximum absolute atomic E-state index is 9.29. The molecule has 1 heterocycles. The summed E-state index contributed by atoms with van der Waals surface area (Å²) in [4.78, 5) is 4.09. The third-order valence-electron chi connectivity index (χ3n) is 2.08. The van der Waals surface area contributed by atoms with E-state index in [9.17, 15) is 5.11 Å². The van der Waals surface area contributed by atoms with E-state index in [1.54, 1.807) is 6.20 Å². The zero-order chi connectivity index (χ0) is 9.84. The van der Waals surface area contributed by atoms with Crippen LogP contribution in [0.3, 0.4) is 0 Å². The summed E-state index contributed by atoms with van der Waals surface area (Å²) in [5, 5.41) is 9.29. The van der Waals surface area contributed by atoms with Crippen LogP contribution >= 0.6 is 0 Å². The molecule has 0 aliphatic heterocycles. The Balaban J connectivity index is 2.91. The van der Waals surface area contributed by atoms with Crippen LogP contribution in [0.1, 0.15) is 37.8 Å². The summed E-state index contributed by atoms with van der Waals surface area (Å²) < 4.78 is 0. The Bertz CT molecular complexity index is 269. The predicted molar refractivity (Wildman–Crippen MR) is 53.7 cm³/mol. The van der Waals surface area contributed by atoms with Gasteiger partial charge in [0.05, 0.1) is 6.10 Å². The van der Waals surface area contributed by atoms with Crippen molar-refractivity contribution in [1.82, 2.24) is 4.98 Å². The number of aliphatic hydroxyl groups excluding tert-OH is 1. The molecule has 1 atom stereocenters. The van der Waals surface area contributed by atoms with Gasteiger partial charge in [0.2, 0.25) is 0 Å². The van der Waals surface area contributed by atoms with E-state index in [1.165, 1.54) is 11.1 Å². The molecule has 0 bridgehead atoms. The second-order valence-corrected chi connectivity index (χ2v) is 3.78. The van der Waals surface area contributed by atoms with Gasteiger partial charge in [0.1, 0.15) is 0 Å². The fraction of sp³-hybridized carbons (Fsp3) is 0.545. The number of aliphatic hydroxyl groups is 1. The average Bonchev–Trinajstić information content (AvgIpc) is 2.03. The zero-order valence-corrected chi connectivity index (χ0v) is 8.49. The monoisotopic (exact) mass is 179 g/mol. The van der Waals surface area contributed by atoms with Crippen molar-refractivity contribution in [3.63, 3.8) is 0 Å². The molecule has 1 aromatic heterocycles. The smallest absolute Gasteiger partial charge is 0.0552 e. The number of rotatable bonds is 3. The van der Waals surface area contributed by atoms with Crippen molar-refractivity contribution >= 4 is 0 Å². The lowest BCUT2D eigenvalue weighted by atomic mass is 9.96. The lowest BCUT2D eigenvalue weighted by molar-refractivity contribution is 0.195. The molecular weight excluding hydrogens is 162 g/mol. The van der Waals surface area contributed by atoms with Gasteiger partial charge < -0.3 is 5.11 Å². The molecule has 0 saturated carbocycles. The van der Waals surface area contributed by atoms with E-state index in [0.717, 1.165) is 6.42 Å². The highest BCUT2D eigenvalue weighted by molar-refractivity contribution is 5.26. The largest absolute Gasteiger partial charge is 0.393 e. The van der Waals surface area contributed by atoms with Crippen LogP contribution in [0.15, 0.2) is 18.5 Å². The molecule has 1 unspecified atom stereocenters. The Morgan fingerprint density at radius 2 is 2.08 bits per heavy atom. The second-order valence-electron chi connectivity index (χ2n) is 3.78. The van der Waals surface area contributed by atoms with Gasteiger partial charge in [-0.2, -0.15) is 0 Å². The SMILES string of the molecule is CC(O)Cc1ccncc1C(C)C. The lowest BCUT2D eigenvalue weighted by Crippen LogP contribution is -2.07. The number of hydrogen-bond donors (Lipinski definition) is 1. The number of pyridine rings is 1. The third kappa shape index (κ3) is 2.81. The minimum atomic E-state index is -0.278. The van der Waals surface area contributed by atoms with Crippen LogP contribution in [0.25, 0.3) is 0 Å². The highest BCUT2D eigenvalue weighted by atomic mass is 16.3. The molecule has 1 N–H and O–H groups in total. The Labute approximate surface area is 79.6 Å². The molecule has 72 valence electrons. The minimum Gasteiger partial charge on any atom is -0.393 e. The molecule has 0 aliphatic rings. The van der Waals surface area contributed by atoms with Gasteiger partial charge in [-0.3, -0.25) is 4.98 Å². The number of hydrogen-bond acceptors (Lipinski definition) is 2. The zero-order valence-electron chi connectivity index (χ0n) is 8.49. The highest BCUT2D eigenvalue weighted by Gasteiger charge is 2.07. The summed E-state index contributed by atoms with van der Waals surface area (Å²) >= 11 is 0. The van der Waals surface area contributed by atoms with Gasteiger partial charge in [-0.05, 0) is 36.5 Å². The van der Waals surface area contributed by atoms with Gasteiger partial charge in [-0.1, -0.05) is 13.8 Å². The van der Waals surface area contributed by atoms with Crippen molar-refractivity contribution in [2.75, 3.05) is 0 Å². The second kappa shape index (κ2) is 4.38. The molecule has 0 radical (unpaired) electrons. The van der Waals surface area contributed by atoms with Gasteiger partial charge in [-0.25, -0.2) is 0 Å². The molecule has 0 fully saturated rings. The molecule has 1 aromatic rings. The molecule has 0 amide bonds. The molecule has 1 rings (SSSR count). The van der Waals surface area contributed by atoms with Crippen LogP contribution in [0.2, 0.25) is 0 Å². The van der Waals surface area contributed by atoms with E-state index in [1.807, 2.05) is 19.2 Å². The Morgan fingerprint density at radius 3 is 2.62 bits per heavy atom. The van der Waals surface area contributed by atoms with Crippen LogP contribution < -0.4 is 0 Å². The topological polar surface area (TPSA) is 33.1 Å². The summed E-state index contributed by atoms with van der Waals surface area (Å²) in [5.41, 5.74) is 2.45. The average molecular weight is 179 g/mol. The van der Waals surface area contributed by atoms with Crippen molar-refractivity contribution < 1.29 is 5.11 Å². The van der Waals surface area contributed by atoms with E-state index in [-0.39, 0.29) is 6.10 Å². The van der Waals surface area contributed by atoms with Crippen LogP contribution in [-0.2, 0) is 6.42 Å². The van der Waals surface area contributed by atoms with E-state index in [0.29, 0.717) is 5.92 Å². The van der Waals surface area contributed by atoms with Gasteiger partial charge in [0, 0.05) is 12.4 Å². The first-order valence-corrected chi connectivity index (χ1v) is 4.72. The summed E-state index contributed by atoms with van der Waals surface area (Å²) in [6, 6.07) is 1.99. The summed E-state index contributed by atoms with van der Waals surface area (Å²) in [6.07, 6.45) is 4.11. The molecule has 13 heavy (non-hydrogen) atoms. The molecule has 2 nitrogen and oxygen atoms in total. The summed E-state index contributed by atoms with van der Waals surface area (Å²) in [5.74, 6) is 0.474. The molecule has 0 spiro atoms. The first-order valence-electron chi connectivity index (χ1n) is 4.72. The summed E-state index contributed by atoms with van der Waals surface area (Å²) in [7, 11) is 0. The fourth-order valence-electron chi connectivity index (χ4n) is 1.46. The van der Waals surface area contributed by atoms with Gasteiger partial charge in [0.25, 0.3) is 0 Å². The first kappa shape index (κ1) is 10.2. The predicted octanol–water partition coefficient (Wildman–Crippen LogP) is 2.13. The molecule has 0 aliphatic carbocycles. The van der Waals surface area contributed by atoms with Gasteiger partial charge in [0.15, 0.2) is 0 Å². The standard InChI is InChI=1S/C11H17NO/c1-8(2)11-7-12-5-4-10(11)6-9(3)13/h4-5,7-9,13H,6H2,1-3H3. The molecular formula is C11H17NO. The Morgan fingerprint density at radius 1 is 1.38 bits per heavy atom. The van der Waals surface area contributed by atoms with Crippen molar-refractivity contribution in [2.45, 2.75) is 39.2 Å². The normalized spacial score (nSPS) is 13.3. The Kier molecular flexibility index (Phi) is 3.43. The Hall–Kier alpha value is -0.890. The van der Waals surface area contributed by atoms with Crippen LogP contribution in [0, 0.1) is 0 Å². The van der Waals surface area contributed by atoms with Crippen LogP contribution in [0.4, 0.5) is 0 Å². The lowest BCUT2D eigenvalue weighted by Gasteiger charge is -2.12. The van der Waals surface area contributed by atoms with Crippen molar-refractivity contribution in [3.8, 4) is 0 Å². The van der Waals surface area contributed by atoms with E-state index in [4.69, 9.17) is 0 Å². The van der Waals surface area contributed by atoms with Crippen LogP contribution in [-0.4, -0.2) is 16.2 Å². The minimum absolute atomic E-state index is 0.278. The maximum atomic E-state index is 9.29. The van der Waals surface area contributed by atoms with Crippen molar-refractivity contribution in [2.24, 2.45) is 0 Å². The molecule has 2 heteroatoms. The van der Waals surface area contributed by atoms with Crippen molar-refractivity contribution in [3.05, 3.63) is 29.6 Å². The van der Waals surface area contributed by atoms with E-state index in [2.05, 4.69) is 18.8 Å². The van der Waals surface area contributed by atoms with Gasteiger partial charge >= 0.3 is 0 Å². The highest BCUT2D eigenvalue weighted by Crippen LogP contribution is 2.19. The quantitative estimate of drug-likeness (QED) is 0.771. The van der Waals surface area contributed by atoms with Crippen LogP contribution in [0.5, 0.6) is 0 Å². The van der Waals surface area contributed by atoms with E-state index < -0.39 is 0 Å². The van der Waals surface area contributed by atoms with Gasteiger partial charge in [-0.15, -0.1) is 0 Å². The molecule has 0 aromatic carbocycles. The summed E-state index contributed by atoms with van der Waals surface area (Å²) in [6.45, 7) is 6.09. The number of nitrogens with zero attached hydrogens (tertiary/aromatic N) is 1. The van der Waals surface area contributed by atoms with E-state index >= 15 is 0 Å².